The van der Waals surface area contributed by atoms with E-state index in [1.165, 1.54) is 12.0 Å². The second kappa shape index (κ2) is 11.3. The number of nitrogens with zero attached hydrogens (tertiary/aromatic N) is 2. The number of hydrogen-bond acceptors (Lipinski definition) is 4. The SMILES string of the molecule is CN(Cc1cc(C(C)(C)C)cc(C(C)(C)C)c1O)[C@@H]1CCCC[C@H]1N=Cc1cc(Br)cc(C(C)(C)C)c1O. The van der Waals surface area contributed by atoms with E-state index in [1.54, 1.807) is 0 Å². The number of phenols is 2. The van der Waals surface area contributed by atoms with E-state index in [0.29, 0.717) is 18.0 Å². The van der Waals surface area contributed by atoms with Crippen LogP contribution < -0.4 is 0 Å². The molecule has 3 rings (SSSR count). The van der Waals surface area contributed by atoms with Gasteiger partial charge in [-0.15, -0.1) is 0 Å². The maximum atomic E-state index is 11.3. The minimum atomic E-state index is -0.167. The van der Waals surface area contributed by atoms with E-state index < -0.39 is 0 Å². The Morgan fingerprint density at radius 3 is 2.00 bits per heavy atom. The molecule has 2 aromatic carbocycles. The monoisotopic (exact) mass is 584 g/mol. The fraction of sp³-hybridized carbons (Fsp3) is 0.606. The second-order valence-corrected chi connectivity index (χ2v) is 15.2. The van der Waals surface area contributed by atoms with E-state index in [1.807, 2.05) is 18.3 Å². The molecule has 5 heteroatoms. The predicted octanol–water partition coefficient (Wildman–Crippen LogP) is 8.61. The minimum absolute atomic E-state index is 0.00342. The third-order valence-corrected chi connectivity index (χ3v) is 8.32. The molecule has 4 nitrogen and oxygen atoms in total. The van der Waals surface area contributed by atoms with Crippen LogP contribution in [0.15, 0.2) is 33.7 Å². The van der Waals surface area contributed by atoms with E-state index >= 15 is 0 Å². The zero-order valence-corrected chi connectivity index (χ0v) is 26.8. The molecule has 0 radical (unpaired) electrons. The van der Waals surface area contributed by atoms with Crippen LogP contribution in [0.25, 0.3) is 0 Å². The lowest BCUT2D eigenvalue weighted by Crippen LogP contribution is -2.42. The molecule has 1 aliphatic carbocycles. The number of phenolic OH excluding ortho intramolecular Hbond substituents is 2. The van der Waals surface area contributed by atoms with Crippen LogP contribution >= 0.6 is 15.9 Å². The topological polar surface area (TPSA) is 56.1 Å². The van der Waals surface area contributed by atoms with Gasteiger partial charge in [-0.2, -0.15) is 0 Å². The van der Waals surface area contributed by atoms with E-state index in [9.17, 15) is 10.2 Å². The molecule has 0 unspecified atom stereocenters. The van der Waals surface area contributed by atoms with E-state index in [4.69, 9.17) is 4.99 Å². The van der Waals surface area contributed by atoms with Crippen molar-refractivity contribution in [2.24, 2.45) is 4.99 Å². The fourth-order valence-corrected chi connectivity index (χ4v) is 5.93. The predicted molar refractivity (Wildman–Crippen MR) is 165 cm³/mol. The van der Waals surface area contributed by atoms with Gasteiger partial charge in [-0.3, -0.25) is 9.89 Å². The average Bonchev–Trinajstić information content (AvgIpc) is 2.78. The van der Waals surface area contributed by atoms with Crippen molar-refractivity contribution in [1.29, 1.82) is 0 Å². The van der Waals surface area contributed by atoms with Crippen molar-refractivity contribution in [2.45, 2.75) is 123 Å². The Bertz CT molecular complexity index is 1170. The van der Waals surface area contributed by atoms with Crippen molar-refractivity contribution >= 4 is 22.1 Å². The molecule has 0 amide bonds. The van der Waals surface area contributed by atoms with Gasteiger partial charge < -0.3 is 10.2 Å². The Kier molecular flexibility index (Phi) is 9.15. The molecular formula is C33H49BrN2O2. The summed E-state index contributed by atoms with van der Waals surface area (Å²) in [5.74, 6) is 0.728. The van der Waals surface area contributed by atoms with Crippen molar-refractivity contribution in [3.63, 3.8) is 0 Å². The first-order valence-corrected chi connectivity index (χ1v) is 14.8. The number of likely N-dealkylation sites (N-methyl/N-ethyl adjacent to an activating group) is 1. The van der Waals surface area contributed by atoms with Crippen molar-refractivity contribution < 1.29 is 10.2 Å². The second-order valence-electron chi connectivity index (χ2n) is 14.3. The summed E-state index contributed by atoms with van der Waals surface area (Å²) in [6, 6.07) is 8.72. The lowest BCUT2D eigenvalue weighted by atomic mass is 9.78. The summed E-state index contributed by atoms with van der Waals surface area (Å²) >= 11 is 3.62. The van der Waals surface area contributed by atoms with Crippen LogP contribution in [0.2, 0.25) is 0 Å². The van der Waals surface area contributed by atoms with Gasteiger partial charge >= 0.3 is 0 Å². The third kappa shape index (κ3) is 7.21. The Morgan fingerprint density at radius 1 is 0.842 bits per heavy atom. The van der Waals surface area contributed by atoms with Gasteiger partial charge in [0.15, 0.2) is 0 Å². The summed E-state index contributed by atoms with van der Waals surface area (Å²) < 4.78 is 0.947. The number of hydrogen-bond donors (Lipinski definition) is 2. The third-order valence-electron chi connectivity index (χ3n) is 7.86. The molecular weight excluding hydrogens is 536 g/mol. The molecule has 38 heavy (non-hydrogen) atoms. The highest BCUT2D eigenvalue weighted by atomic mass is 79.9. The smallest absolute Gasteiger partial charge is 0.128 e. The highest BCUT2D eigenvalue weighted by Gasteiger charge is 2.30. The number of aliphatic imine (C=N–C) groups is 1. The highest BCUT2D eigenvalue weighted by molar-refractivity contribution is 9.10. The number of rotatable bonds is 5. The first-order chi connectivity index (χ1) is 17.4. The molecule has 1 saturated carbocycles. The molecule has 2 atom stereocenters. The Balaban J connectivity index is 1.92. The summed E-state index contributed by atoms with van der Waals surface area (Å²) in [4.78, 5) is 7.42. The fourth-order valence-electron chi connectivity index (χ4n) is 5.45. The van der Waals surface area contributed by atoms with Crippen LogP contribution in [0.3, 0.4) is 0 Å². The first kappa shape index (κ1) is 30.7. The molecule has 0 bridgehead atoms. The summed E-state index contributed by atoms with van der Waals surface area (Å²) in [6.45, 7) is 20.2. The van der Waals surface area contributed by atoms with Crippen LogP contribution in [-0.4, -0.2) is 40.5 Å². The van der Waals surface area contributed by atoms with E-state index in [-0.39, 0.29) is 28.3 Å². The van der Waals surface area contributed by atoms with Gasteiger partial charge in [-0.1, -0.05) is 103 Å². The molecule has 2 N–H and O–H groups in total. The lowest BCUT2D eigenvalue weighted by Gasteiger charge is -2.37. The van der Waals surface area contributed by atoms with Gasteiger partial charge in [0.05, 0.1) is 6.04 Å². The van der Waals surface area contributed by atoms with Crippen molar-refractivity contribution in [2.75, 3.05) is 7.05 Å². The zero-order valence-electron chi connectivity index (χ0n) is 25.2. The van der Waals surface area contributed by atoms with Crippen LogP contribution in [-0.2, 0) is 22.8 Å². The van der Waals surface area contributed by atoms with Gasteiger partial charge in [-0.25, -0.2) is 0 Å². The maximum absolute atomic E-state index is 11.3. The molecule has 0 saturated heterocycles. The summed E-state index contributed by atoms with van der Waals surface area (Å²) in [6.07, 6.45) is 6.29. The van der Waals surface area contributed by atoms with Crippen molar-refractivity contribution in [1.82, 2.24) is 4.90 Å². The molecule has 2 aromatic rings. The van der Waals surface area contributed by atoms with Crippen LogP contribution in [0.1, 0.15) is 116 Å². The van der Waals surface area contributed by atoms with E-state index in [2.05, 4.69) is 102 Å². The van der Waals surface area contributed by atoms with Crippen molar-refractivity contribution in [3.05, 3.63) is 56.6 Å². The Labute approximate surface area is 239 Å². The zero-order chi connectivity index (χ0) is 28.6. The standard InChI is InChI=1S/C33H49BrN2O2/c1-31(2,3)23-15-22(30(38)25(17-23)32(4,5)6)20-36(10)28-14-12-11-13-27(28)35-19-21-16-24(34)18-26(29(21)37)33(7,8)9/h15-19,27-28,37-38H,11-14,20H2,1-10H3/t27-,28-/m1/s1. The van der Waals surface area contributed by atoms with Crippen LogP contribution in [0.5, 0.6) is 11.5 Å². The van der Waals surface area contributed by atoms with Gasteiger partial charge in [0.2, 0.25) is 0 Å². The number of halogens is 1. The molecule has 0 spiro atoms. The molecule has 0 heterocycles. The average molecular weight is 586 g/mol. The maximum Gasteiger partial charge on any atom is 0.128 e. The Morgan fingerprint density at radius 2 is 1.42 bits per heavy atom. The molecule has 1 aliphatic rings. The quantitative estimate of drug-likeness (QED) is 0.346. The molecule has 0 aliphatic heterocycles. The summed E-state index contributed by atoms with van der Waals surface area (Å²) in [5.41, 5.74) is 4.59. The van der Waals surface area contributed by atoms with Gasteiger partial charge in [-0.05, 0) is 59.4 Å². The normalized spacial score (nSPS) is 19.5. The van der Waals surface area contributed by atoms with Crippen molar-refractivity contribution in [3.8, 4) is 11.5 Å². The van der Waals surface area contributed by atoms with Gasteiger partial charge in [0.1, 0.15) is 11.5 Å². The first-order valence-electron chi connectivity index (χ1n) is 14.0. The highest BCUT2D eigenvalue weighted by Crippen LogP contribution is 2.39. The van der Waals surface area contributed by atoms with E-state index in [0.717, 1.165) is 46.0 Å². The Hall–Kier alpha value is -1.85. The van der Waals surface area contributed by atoms with Gasteiger partial charge in [0.25, 0.3) is 0 Å². The minimum Gasteiger partial charge on any atom is -0.507 e. The number of aromatic hydroxyl groups is 2. The molecule has 210 valence electrons. The summed E-state index contributed by atoms with van der Waals surface area (Å²) in [5, 5.41) is 22.4. The summed E-state index contributed by atoms with van der Waals surface area (Å²) in [7, 11) is 2.16. The molecule has 0 aromatic heterocycles. The van der Waals surface area contributed by atoms with Crippen LogP contribution in [0, 0.1) is 0 Å². The largest absolute Gasteiger partial charge is 0.507 e. The molecule has 1 fully saturated rings. The van der Waals surface area contributed by atoms with Gasteiger partial charge in [0, 0.05) is 40.0 Å². The lowest BCUT2D eigenvalue weighted by molar-refractivity contribution is 0.162. The van der Waals surface area contributed by atoms with Crippen LogP contribution in [0.4, 0.5) is 0 Å². The number of benzene rings is 2.